The van der Waals surface area contributed by atoms with Crippen molar-refractivity contribution in [2.45, 2.75) is 17.9 Å². The van der Waals surface area contributed by atoms with Gasteiger partial charge >= 0.3 is 0 Å². The second-order valence-electron chi connectivity index (χ2n) is 4.12. The molecule has 1 aromatic rings. The molecule has 1 fully saturated rings. The lowest BCUT2D eigenvalue weighted by Crippen LogP contribution is -2.52. The molecule has 4 nitrogen and oxygen atoms in total. The first-order valence-electron chi connectivity index (χ1n) is 5.50. The van der Waals surface area contributed by atoms with Crippen molar-refractivity contribution in [3.05, 3.63) is 30.1 Å². The Morgan fingerprint density at radius 3 is 2.59 bits per heavy atom. The first-order chi connectivity index (χ1) is 8.01. The molecule has 0 spiro atoms. The van der Waals surface area contributed by atoms with Crippen LogP contribution in [0, 0.1) is 5.82 Å². The Kier molecular flexibility index (Phi) is 3.46. The standard InChI is InChI=1S/C11H15FN2O2S/c1-9-8-13-6-7-14(9)17(15,16)11-4-2-10(12)3-5-11/h2-5,9,13H,6-8H2,1H3. The number of halogens is 1. The predicted molar refractivity (Wildman–Crippen MR) is 62.6 cm³/mol. The number of nitrogens with zero attached hydrogens (tertiary/aromatic N) is 1. The lowest BCUT2D eigenvalue weighted by Gasteiger charge is -2.32. The molecule has 1 aliphatic rings. The van der Waals surface area contributed by atoms with Gasteiger partial charge in [-0.2, -0.15) is 4.31 Å². The fourth-order valence-corrected chi connectivity index (χ4v) is 3.55. The Labute approximate surface area is 100 Å². The number of piperazine rings is 1. The van der Waals surface area contributed by atoms with Gasteiger partial charge in [0.2, 0.25) is 10.0 Å². The minimum absolute atomic E-state index is 0.0844. The van der Waals surface area contributed by atoms with E-state index in [1.807, 2.05) is 6.92 Å². The summed E-state index contributed by atoms with van der Waals surface area (Å²) in [5, 5.41) is 3.13. The highest BCUT2D eigenvalue weighted by atomic mass is 32.2. The van der Waals surface area contributed by atoms with E-state index in [2.05, 4.69) is 5.32 Å². The van der Waals surface area contributed by atoms with Crippen molar-refractivity contribution in [3.63, 3.8) is 0 Å². The third kappa shape index (κ3) is 2.48. The smallest absolute Gasteiger partial charge is 0.243 e. The molecule has 1 unspecified atom stereocenters. The molecule has 0 radical (unpaired) electrons. The second kappa shape index (κ2) is 4.72. The zero-order valence-corrected chi connectivity index (χ0v) is 10.4. The Bertz CT molecular complexity index is 487. The molecule has 0 bridgehead atoms. The van der Waals surface area contributed by atoms with Crippen molar-refractivity contribution >= 4 is 10.0 Å². The highest BCUT2D eigenvalue weighted by molar-refractivity contribution is 7.89. The molecule has 0 aromatic heterocycles. The van der Waals surface area contributed by atoms with Gasteiger partial charge < -0.3 is 5.32 Å². The van der Waals surface area contributed by atoms with E-state index >= 15 is 0 Å². The molecule has 0 amide bonds. The zero-order chi connectivity index (χ0) is 12.5. The van der Waals surface area contributed by atoms with Crippen LogP contribution in [0.3, 0.4) is 0 Å². The largest absolute Gasteiger partial charge is 0.314 e. The SMILES string of the molecule is CC1CNCCN1S(=O)(=O)c1ccc(F)cc1. The van der Waals surface area contributed by atoms with E-state index in [0.717, 1.165) is 0 Å². The first-order valence-corrected chi connectivity index (χ1v) is 6.94. The van der Waals surface area contributed by atoms with E-state index < -0.39 is 15.8 Å². The van der Waals surface area contributed by atoms with Gasteiger partial charge in [0.05, 0.1) is 4.90 Å². The summed E-state index contributed by atoms with van der Waals surface area (Å²) in [5.74, 6) is -0.433. The average molecular weight is 258 g/mol. The lowest BCUT2D eigenvalue weighted by atomic mass is 10.3. The molecule has 1 N–H and O–H groups in total. The van der Waals surface area contributed by atoms with Crippen molar-refractivity contribution in [1.29, 1.82) is 0 Å². The third-order valence-electron chi connectivity index (χ3n) is 2.86. The molecule has 0 aliphatic carbocycles. The van der Waals surface area contributed by atoms with Crippen LogP contribution < -0.4 is 5.32 Å². The van der Waals surface area contributed by atoms with E-state index in [9.17, 15) is 12.8 Å². The van der Waals surface area contributed by atoms with E-state index in [-0.39, 0.29) is 10.9 Å². The lowest BCUT2D eigenvalue weighted by molar-refractivity contribution is 0.284. The van der Waals surface area contributed by atoms with Crippen LogP contribution in [-0.2, 0) is 10.0 Å². The second-order valence-corrected chi connectivity index (χ2v) is 6.01. The highest BCUT2D eigenvalue weighted by Crippen LogP contribution is 2.19. The summed E-state index contributed by atoms with van der Waals surface area (Å²) in [6, 6.07) is 4.86. The fourth-order valence-electron chi connectivity index (χ4n) is 1.92. The molecule has 0 saturated carbocycles. The van der Waals surface area contributed by atoms with Crippen LogP contribution in [0.2, 0.25) is 0 Å². The average Bonchev–Trinajstić information content (AvgIpc) is 2.30. The Morgan fingerprint density at radius 1 is 1.35 bits per heavy atom. The van der Waals surface area contributed by atoms with Gasteiger partial charge in [0.1, 0.15) is 5.82 Å². The Hall–Kier alpha value is -0.980. The number of hydrogen-bond donors (Lipinski definition) is 1. The summed E-state index contributed by atoms with van der Waals surface area (Å²) in [4.78, 5) is 0.146. The van der Waals surface area contributed by atoms with Crippen LogP contribution in [0.25, 0.3) is 0 Å². The van der Waals surface area contributed by atoms with Crippen molar-refractivity contribution < 1.29 is 12.8 Å². The minimum Gasteiger partial charge on any atom is -0.314 e. The minimum atomic E-state index is -3.50. The van der Waals surface area contributed by atoms with Gasteiger partial charge in [-0.3, -0.25) is 0 Å². The molecule has 17 heavy (non-hydrogen) atoms. The number of rotatable bonds is 2. The van der Waals surface area contributed by atoms with Gasteiger partial charge in [-0.05, 0) is 31.2 Å². The van der Waals surface area contributed by atoms with Crippen molar-refractivity contribution in [2.75, 3.05) is 19.6 Å². The molecular weight excluding hydrogens is 243 g/mol. The summed E-state index contributed by atoms with van der Waals surface area (Å²) in [6.07, 6.45) is 0. The summed E-state index contributed by atoms with van der Waals surface area (Å²) in [6.45, 7) is 3.58. The van der Waals surface area contributed by atoms with Gasteiger partial charge in [0, 0.05) is 25.7 Å². The van der Waals surface area contributed by atoms with E-state index in [4.69, 9.17) is 0 Å². The molecule has 94 valence electrons. The number of benzene rings is 1. The van der Waals surface area contributed by atoms with Crippen molar-refractivity contribution in [1.82, 2.24) is 9.62 Å². The van der Waals surface area contributed by atoms with Gasteiger partial charge in [-0.25, -0.2) is 12.8 Å². The van der Waals surface area contributed by atoms with E-state index in [0.29, 0.717) is 19.6 Å². The summed E-state index contributed by atoms with van der Waals surface area (Å²) in [5.41, 5.74) is 0. The molecule has 1 aliphatic heterocycles. The van der Waals surface area contributed by atoms with Gasteiger partial charge in [0.25, 0.3) is 0 Å². The number of sulfonamides is 1. The quantitative estimate of drug-likeness (QED) is 0.854. The number of nitrogens with one attached hydrogen (secondary N) is 1. The molecule has 6 heteroatoms. The van der Waals surface area contributed by atoms with Crippen LogP contribution in [0.4, 0.5) is 4.39 Å². The van der Waals surface area contributed by atoms with Gasteiger partial charge in [-0.15, -0.1) is 0 Å². The Balaban J connectivity index is 2.32. The van der Waals surface area contributed by atoms with Gasteiger partial charge in [-0.1, -0.05) is 0 Å². The third-order valence-corrected chi connectivity index (χ3v) is 4.89. The molecule has 1 aromatic carbocycles. The summed E-state index contributed by atoms with van der Waals surface area (Å²) < 4.78 is 38.8. The highest BCUT2D eigenvalue weighted by Gasteiger charge is 2.30. The molecule has 1 atom stereocenters. The fraction of sp³-hybridized carbons (Fsp3) is 0.455. The van der Waals surface area contributed by atoms with Gasteiger partial charge in [0.15, 0.2) is 0 Å². The molecule has 2 rings (SSSR count). The van der Waals surface area contributed by atoms with Crippen LogP contribution in [0.15, 0.2) is 29.2 Å². The molecular formula is C11H15FN2O2S. The van der Waals surface area contributed by atoms with Crippen molar-refractivity contribution in [2.24, 2.45) is 0 Å². The van der Waals surface area contributed by atoms with E-state index in [1.165, 1.54) is 28.6 Å². The summed E-state index contributed by atoms with van der Waals surface area (Å²) in [7, 11) is -3.50. The summed E-state index contributed by atoms with van der Waals surface area (Å²) >= 11 is 0. The van der Waals surface area contributed by atoms with Crippen molar-refractivity contribution in [3.8, 4) is 0 Å². The topological polar surface area (TPSA) is 49.4 Å². The van der Waals surface area contributed by atoms with Crippen LogP contribution in [0.5, 0.6) is 0 Å². The number of hydrogen-bond acceptors (Lipinski definition) is 3. The van der Waals surface area contributed by atoms with Crippen LogP contribution in [0.1, 0.15) is 6.92 Å². The molecule has 1 heterocycles. The van der Waals surface area contributed by atoms with Crippen LogP contribution in [-0.4, -0.2) is 38.4 Å². The normalized spacial score (nSPS) is 22.6. The maximum Gasteiger partial charge on any atom is 0.243 e. The monoisotopic (exact) mass is 258 g/mol. The molecule has 1 saturated heterocycles. The predicted octanol–water partition coefficient (Wildman–Crippen LogP) is 0.808. The zero-order valence-electron chi connectivity index (χ0n) is 9.56. The first kappa shape index (κ1) is 12.5. The van der Waals surface area contributed by atoms with Crippen LogP contribution >= 0.6 is 0 Å². The van der Waals surface area contributed by atoms with E-state index in [1.54, 1.807) is 0 Å². The Morgan fingerprint density at radius 2 is 2.00 bits per heavy atom. The maximum absolute atomic E-state index is 12.8. The maximum atomic E-state index is 12.8.